The second-order valence-corrected chi connectivity index (χ2v) is 14.8. The van der Waals surface area contributed by atoms with Crippen LogP contribution in [0.3, 0.4) is 0 Å². The summed E-state index contributed by atoms with van der Waals surface area (Å²) in [6.07, 6.45) is 7.20. The zero-order valence-corrected chi connectivity index (χ0v) is 24.8. The molecule has 5 heteroatoms. The van der Waals surface area contributed by atoms with E-state index in [1.165, 1.54) is 38.5 Å². The molecule has 0 saturated heterocycles. The molecule has 0 fully saturated rings. The van der Waals surface area contributed by atoms with Crippen molar-refractivity contribution in [3.8, 4) is 0 Å². The van der Waals surface area contributed by atoms with Crippen LogP contribution in [-0.2, 0) is 0 Å². The van der Waals surface area contributed by atoms with Gasteiger partial charge in [-0.25, -0.2) is 12.9 Å². The highest BCUT2D eigenvalue weighted by molar-refractivity contribution is 14.2. The second-order valence-electron chi connectivity index (χ2n) is 9.08. The molecule has 6 atom stereocenters. The van der Waals surface area contributed by atoms with Crippen LogP contribution < -0.4 is 0 Å². The Kier molecular flexibility index (Phi) is 14.6. The molecule has 0 radical (unpaired) electrons. The molecule has 178 valence electrons. The Labute approximate surface area is 199 Å². The van der Waals surface area contributed by atoms with Gasteiger partial charge in [0.1, 0.15) is 0 Å². The van der Waals surface area contributed by atoms with Gasteiger partial charge in [0, 0.05) is 57.5 Å². The first kappa shape index (κ1) is 30.0. The Morgan fingerprint density at radius 1 is 0.448 bits per heavy atom. The lowest BCUT2D eigenvalue weighted by molar-refractivity contribution is 0.179. The number of halogens is 1. The smallest absolute Gasteiger partial charge is 0.0229 e. The van der Waals surface area contributed by atoms with Crippen LogP contribution in [0.4, 0.5) is 0 Å². The SMILES string of the molecule is CCC(C)N(C(C)CC)S(I)(N(C(C)CC)C(C)CC)N(C(C)CC)C(C)CC. The monoisotopic (exact) mass is 543 g/mol. The van der Waals surface area contributed by atoms with Gasteiger partial charge in [0.2, 0.25) is 0 Å². The minimum atomic E-state index is -1.36. The van der Waals surface area contributed by atoms with E-state index in [4.69, 9.17) is 0 Å². The van der Waals surface area contributed by atoms with Gasteiger partial charge in [-0.15, -0.1) is 0 Å². The van der Waals surface area contributed by atoms with Crippen LogP contribution in [0.5, 0.6) is 0 Å². The summed E-state index contributed by atoms with van der Waals surface area (Å²) < 4.78 is 8.85. The third kappa shape index (κ3) is 6.97. The molecular formula is C24H54IN3S. The highest BCUT2D eigenvalue weighted by atomic mass is 127. The quantitative estimate of drug-likeness (QED) is 0.192. The third-order valence-electron chi connectivity index (χ3n) is 6.96. The number of hydrogen-bond donors (Lipinski definition) is 0. The molecule has 0 heterocycles. The maximum absolute atomic E-state index is 2.95. The van der Waals surface area contributed by atoms with Crippen molar-refractivity contribution >= 4 is 29.0 Å². The van der Waals surface area contributed by atoms with E-state index < -0.39 is 7.76 Å². The average Bonchev–Trinajstić information content (AvgIpc) is 2.72. The minimum Gasteiger partial charge on any atom is -0.231 e. The Hall–Kier alpha value is 0.960. The van der Waals surface area contributed by atoms with Gasteiger partial charge < -0.3 is 0 Å². The highest BCUT2D eigenvalue weighted by Crippen LogP contribution is 2.70. The molecular weight excluding hydrogens is 489 g/mol. The van der Waals surface area contributed by atoms with E-state index in [0.29, 0.717) is 36.3 Å². The van der Waals surface area contributed by atoms with E-state index in [-0.39, 0.29) is 0 Å². The molecule has 0 aliphatic carbocycles. The predicted octanol–water partition coefficient (Wildman–Crippen LogP) is 8.58. The standard InChI is InChI=1S/C24H54IN3S/c1-13-19(7)26(20(8)14-2)29(25,27(21(9)15-3)22(10)16-4)28(23(11)17-5)24(12)18-6/h19-24H,13-18H2,1-12H3. The fraction of sp³-hybridized carbons (Fsp3) is 1.00. The molecule has 6 unspecified atom stereocenters. The molecule has 0 aromatic carbocycles. The zero-order valence-electron chi connectivity index (χ0n) is 21.8. The maximum Gasteiger partial charge on any atom is 0.0229 e. The topological polar surface area (TPSA) is 9.72 Å². The van der Waals surface area contributed by atoms with Crippen LogP contribution in [0, 0.1) is 0 Å². The van der Waals surface area contributed by atoms with Gasteiger partial charge in [0.25, 0.3) is 0 Å². The van der Waals surface area contributed by atoms with Crippen molar-refractivity contribution in [1.29, 1.82) is 0 Å². The van der Waals surface area contributed by atoms with Crippen molar-refractivity contribution in [3.63, 3.8) is 0 Å². The largest absolute Gasteiger partial charge is 0.231 e. The summed E-state index contributed by atoms with van der Waals surface area (Å²) in [7, 11) is -1.36. The summed E-state index contributed by atoms with van der Waals surface area (Å²) >= 11 is 2.95. The fourth-order valence-corrected chi connectivity index (χ4v) is 15.4. The van der Waals surface area contributed by atoms with Gasteiger partial charge in [0.05, 0.1) is 0 Å². The summed E-state index contributed by atoms with van der Waals surface area (Å²) in [6, 6.07) is 3.43. The van der Waals surface area contributed by atoms with E-state index >= 15 is 0 Å². The lowest BCUT2D eigenvalue weighted by atomic mass is 10.2. The predicted molar refractivity (Wildman–Crippen MR) is 146 cm³/mol. The van der Waals surface area contributed by atoms with Gasteiger partial charge in [0.15, 0.2) is 0 Å². The summed E-state index contributed by atoms with van der Waals surface area (Å²) in [6.45, 7) is 29.0. The molecule has 0 spiro atoms. The van der Waals surface area contributed by atoms with Crippen LogP contribution >= 0.6 is 29.0 Å². The van der Waals surface area contributed by atoms with Gasteiger partial charge >= 0.3 is 0 Å². The molecule has 0 aliphatic rings. The zero-order chi connectivity index (χ0) is 22.9. The molecule has 0 aliphatic heterocycles. The van der Waals surface area contributed by atoms with E-state index in [0.717, 1.165) is 0 Å². The van der Waals surface area contributed by atoms with Crippen LogP contribution in [0.2, 0.25) is 0 Å². The highest BCUT2D eigenvalue weighted by Gasteiger charge is 2.49. The Balaban J connectivity index is 7.03. The summed E-state index contributed by atoms with van der Waals surface area (Å²) in [4.78, 5) is 0. The minimum absolute atomic E-state index is 0.572. The van der Waals surface area contributed by atoms with Crippen LogP contribution in [0.15, 0.2) is 0 Å². The van der Waals surface area contributed by atoms with Crippen LogP contribution in [0.25, 0.3) is 0 Å². The van der Waals surface area contributed by atoms with Gasteiger partial charge in [-0.3, -0.25) is 0 Å². The molecule has 0 N–H and O–H groups in total. The maximum atomic E-state index is 2.95. The summed E-state index contributed by atoms with van der Waals surface area (Å²) in [5.41, 5.74) is 0. The number of hydrogen-bond acceptors (Lipinski definition) is 3. The third-order valence-corrected chi connectivity index (χ3v) is 14.8. The van der Waals surface area contributed by atoms with Gasteiger partial charge in [-0.2, -0.15) is 0 Å². The molecule has 0 rings (SSSR count). The number of rotatable bonds is 15. The summed E-state index contributed by atoms with van der Waals surface area (Å²) in [5.74, 6) is 0. The normalized spacial score (nSPS) is 22.2. The Morgan fingerprint density at radius 2 is 0.586 bits per heavy atom. The first-order valence-corrected chi connectivity index (χ1v) is 16.5. The van der Waals surface area contributed by atoms with Crippen LogP contribution in [-0.4, -0.2) is 49.2 Å². The Morgan fingerprint density at radius 3 is 0.690 bits per heavy atom. The first-order chi connectivity index (χ1) is 13.5. The lowest BCUT2D eigenvalue weighted by Gasteiger charge is -2.65. The van der Waals surface area contributed by atoms with Crippen LogP contribution in [0.1, 0.15) is 122 Å². The molecule has 29 heavy (non-hydrogen) atoms. The van der Waals surface area contributed by atoms with Gasteiger partial charge in [-0.05, 0) is 87.8 Å². The van der Waals surface area contributed by atoms with Crippen molar-refractivity contribution in [2.75, 3.05) is 0 Å². The van der Waals surface area contributed by atoms with Crippen molar-refractivity contribution in [3.05, 3.63) is 0 Å². The molecule has 0 amide bonds. The lowest BCUT2D eigenvalue weighted by Crippen LogP contribution is -2.59. The molecule has 0 saturated carbocycles. The van der Waals surface area contributed by atoms with Crippen molar-refractivity contribution in [1.82, 2.24) is 12.9 Å². The fourth-order valence-electron chi connectivity index (χ4n) is 4.08. The van der Waals surface area contributed by atoms with E-state index in [2.05, 4.69) is 117 Å². The Bertz CT molecular complexity index is 347. The molecule has 0 aromatic rings. The molecule has 0 aromatic heterocycles. The van der Waals surface area contributed by atoms with Crippen molar-refractivity contribution in [2.24, 2.45) is 0 Å². The first-order valence-electron chi connectivity index (χ1n) is 12.4. The average molecular weight is 544 g/mol. The second kappa shape index (κ2) is 14.2. The van der Waals surface area contributed by atoms with Crippen molar-refractivity contribution < 1.29 is 0 Å². The van der Waals surface area contributed by atoms with E-state index in [9.17, 15) is 0 Å². The summed E-state index contributed by atoms with van der Waals surface area (Å²) in [5, 5.41) is 0. The van der Waals surface area contributed by atoms with E-state index in [1.807, 2.05) is 0 Å². The molecule has 3 nitrogen and oxygen atoms in total. The molecule has 0 bridgehead atoms. The van der Waals surface area contributed by atoms with E-state index in [1.54, 1.807) is 0 Å². The van der Waals surface area contributed by atoms with Crippen molar-refractivity contribution in [2.45, 2.75) is 158 Å². The number of nitrogens with zero attached hydrogens (tertiary/aromatic N) is 3. The van der Waals surface area contributed by atoms with Gasteiger partial charge in [-0.1, -0.05) is 41.5 Å².